The minimum atomic E-state index is -3.97. The second kappa shape index (κ2) is 13.3. The summed E-state index contributed by atoms with van der Waals surface area (Å²) in [7, 11) is -3.97. The molecule has 0 saturated carbocycles. The molecule has 2 amide bonds. The Labute approximate surface area is 238 Å². The molecule has 0 radical (unpaired) electrons. The topological polar surface area (TPSA) is 86.8 Å². The zero-order valence-electron chi connectivity index (χ0n) is 20.9. The lowest BCUT2D eigenvalue weighted by molar-refractivity contribution is -0.140. The van der Waals surface area contributed by atoms with Crippen molar-refractivity contribution in [2.24, 2.45) is 0 Å². The van der Waals surface area contributed by atoms with Crippen molar-refractivity contribution in [1.29, 1.82) is 0 Å². The molecule has 0 aliphatic carbocycles. The summed E-state index contributed by atoms with van der Waals surface area (Å²) >= 11 is 18.8. The van der Waals surface area contributed by atoms with Crippen LogP contribution in [-0.2, 0) is 32.6 Å². The smallest absolute Gasteiger partial charge is 0.244 e. The van der Waals surface area contributed by atoms with Gasteiger partial charge in [-0.15, -0.1) is 0 Å². The van der Waals surface area contributed by atoms with Crippen LogP contribution in [0.25, 0.3) is 0 Å². The molecule has 0 aliphatic rings. The van der Waals surface area contributed by atoms with Crippen molar-refractivity contribution < 1.29 is 18.0 Å². The number of benzene rings is 3. The van der Waals surface area contributed by atoms with Gasteiger partial charge >= 0.3 is 0 Å². The molecule has 3 aromatic rings. The van der Waals surface area contributed by atoms with E-state index in [4.69, 9.17) is 34.8 Å². The maximum atomic E-state index is 13.9. The zero-order valence-corrected chi connectivity index (χ0v) is 24.0. The molecular formula is C27H28Cl3N3O4S. The monoisotopic (exact) mass is 595 g/mol. The fourth-order valence-electron chi connectivity index (χ4n) is 3.93. The fourth-order valence-corrected chi connectivity index (χ4v) is 5.41. The van der Waals surface area contributed by atoms with Gasteiger partial charge < -0.3 is 10.2 Å². The van der Waals surface area contributed by atoms with E-state index in [9.17, 15) is 18.0 Å². The SMILES string of the molecule is CCNC(=O)C(Cc1ccccc1)N(Cc1ccccc1Cl)C(=O)CN(c1cc(Cl)ccc1Cl)S(C)(=O)=O. The number of hydrogen-bond acceptors (Lipinski definition) is 4. The zero-order chi connectivity index (χ0) is 27.9. The van der Waals surface area contributed by atoms with Gasteiger partial charge in [0.25, 0.3) is 0 Å². The number of halogens is 3. The average molecular weight is 597 g/mol. The average Bonchev–Trinajstić information content (AvgIpc) is 2.87. The Morgan fingerprint density at radius 2 is 1.58 bits per heavy atom. The van der Waals surface area contributed by atoms with Gasteiger partial charge in [-0.25, -0.2) is 8.42 Å². The van der Waals surface area contributed by atoms with Crippen molar-refractivity contribution >= 4 is 62.3 Å². The van der Waals surface area contributed by atoms with Gasteiger partial charge in [-0.3, -0.25) is 13.9 Å². The lowest BCUT2D eigenvalue weighted by Crippen LogP contribution is -2.53. The maximum Gasteiger partial charge on any atom is 0.244 e. The van der Waals surface area contributed by atoms with Crippen molar-refractivity contribution in [1.82, 2.24) is 10.2 Å². The first kappa shape index (κ1) is 29.8. The molecule has 0 aliphatic heterocycles. The lowest BCUT2D eigenvalue weighted by Gasteiger charge is -2.33. The summed E-state index contributed by atoms with van der Waals surface area (Å²) in [6, 6.07) is 19.6. The molecular weight excluding hydrogens is 569 g/mol. The number of amides is 2. The highest BCUT2D eigenvalue weighted by molar-refractivity contribution is 7.92. The van der Waals surface area contributed by atoms with E-state index in [1.165, 1.54) is 23.1 Å². The highest BCUT2D eigenvalue weighted by Crippen LogP contribution is 2.31. The van der Waals surface area contributed by atoms with Crippen molar-refractivity contribution in [3.05, 3.63) is 99.0 Å². The van der Waals surface area contributed by atoms with Gasteiger partial charge in [-0.1, -0.05) is 83.3 Å². The Hall–Kier alpha value is -2.78. The standard InChI is InChI=1S/C27H28Cl3N3O4S/c1-3-31-27(35)25(15-19-9-5-4-6-10-19)32(17-20-11-7-8-12-22(20)29)26(34)18-33(38(2,36)37)24-16-21(28)13-14-23(24)30/h4-14,16,25H,3,15,17-18H2,1-2H3,(H,31,35). The second-order valence-corrected chi connectivity index (χ2v) is 11.7. The first-order valence-electron chi connectivity index (χ1n) is 11.8. The highest BCUT2D eigenvalue weighted by atomic mass is 35.5. The van der Waals surface area contributed by atoms with Gasteiger partial charge in [0, 0.05) is 29.6 Å². The summed E-state index contributed by atoms with van der Waals surface area (Å²) < 4.78 is 26.5. The van der Waals surface area contributed by atoms with Crippen LogP contribution in [-0.4, -0.2) is 50.5 Å². The Bertz CT molecular complexity index is 1390. The number of likely N-dealkylation sites (N-methyl/N-ethyl adjacent to an activating group) is 1. The third-order valence-corrected chi connectivity index (χ3v) is 7.83. The van der Waals surface area contributed by atoms with E-state index in [0.717, 1.165) is 16.1 Å². The summed E-state index contributed by atoms with van der Waals surface area (Å²) in [6.07, 6.45) is 1.18. The Balaban J connectivity index is 2.08. The Morgan fingerprint density at radius 1 is 0.921 bits per heavy atom. The summed E-state index contributed by atoms with van der Waals surface area (Å²) in [5.74, 6) is -0.984. The van der Waals surface area contributed by atoms with Crippen LogP contribution in [0.1, 0.15) is 18.1 Å². The molecule has 3 aromatic carbocycles. The van der Waals surface area contributed by atoms with Crippen LogP contribution < -0.4 is 9.62 Å². The highest BCUT2D eigenvalue weighted by Gasteiger charge is 2.33. The van der Waals surface area contributed by atoms with E-state index >= 15 is 0 Å². The molecule has 1 atom stereocenters. The number of rotatable bonds is 11. The second-order valence-electron chi connectivity index (χ2n) is 8.58. The van der Waals surface area contributed by atoms with Crippen LogP contribution >= 0.6 is 34.8 Å². The molecule has 1 unspecified atom stereocenters. The molecule has 0 saturated heterocycles. The van der Waals surface area contributed by atoms with Crippen LogP contribution in [0.15, 0.2) is 72.8 Å². The Kier molecular flexibility index (Phi) is 10.4. The third kappa shape index (κ3) is 7.86. The molecule has 7 nitrogen and oxygen atoms in total. The normalized spacial score (nSPS) is 12.0. The Morgan fingerprint density at radius 3 is 2.21 bits per heavy atom. The molecule has 0 fully saturated rings. The van der Waals surface area contributed by atoms with Crippen LogP contribution in [0.4, 0.5) is 5.69 Å². The number of hydrogen-bond donors (Lipinski definition) is 1. The first-order valence-corrected chi connectivity index (χ1v) is 14.8. The fraction of sp³-hybridized carbons (Fsp3) is 0.259. The maximum absolute atomic E-state index is 13.9. The van der Waals surface area contributed by atoms with E-state index in [1.807, 2.05) is 30.3 Å². The molecule has 0 heterocycles. The third-order valence-electron chi connectivity index (χ3n) is 5.78. The molecule has 202 valence electrons. The lowest BCUT2D eigenvalue weighted by atomic mass is 10.0. The van der Waals surface area contributed by atoms with E-state index in [1.54, 1.807) is 31.2 Å². The van der Waals surface area contributed by atoms with Gasteiger partial charge in [-0.2, -0.15) is 0 Å². The van der Waals surface area contributed by atoms with E-state index in [-0.39, 0.29) is 34.6 Å². The number of anilines is 1. The van der Waals surface area contributed by atoms with Crippen LogP contribution in [0.2, 0.25) is 15.1 Å². The van der Waals surface area contributed by atoms with E-state index in [2.05, 4.69) is 5.32 Å². The number of nitrogens with one attached hydrogen (secondary N) is 1. The summed E-state index contributed by atoms with van der Waals surface area (Å²) in [6.45, 7) is 1.51. The van der Waals surface area contributed by atoms with Crippen molar-refractivity contribution in [2.75, 3.05) is 23.7 Å². The van der Waals surface area contributed by atoms with E-state index < -0.39 is 28.5 Å². The van der Waals surface area contributed by atoms with Crippen molar-refractivity contribution in [2.45, 2.75) is 25.9 Å². The molecule has 0 bridgehead atoms. The van der Waals surface area contributed by atoms with Crippen LogP contribution in [0, 0.1) is 0 Å². The molecule has 0 spiro atoms. The summed E-state index contributed by atoms with van der Waals surface area (Å²) in [5.41, 5.74) is 1.50. The number of carbonyl (C=O) groups is 2. The van der Waals surface area contributed by atoms with E-state index in [0.29, 0.717) is 17.1 Å². The van der Waals surface area contributed by atoms with Crippen LogP contribution in [0.3, 0.4) is 0 Å². The number of carbonyl (C=O) groups excluding carboxylic acids is 2. The van der Waals surface area contributed by atoms with Crippen molar-refractivity contribution in [3.63, 3.8) is 0 Å². The van der Waals surface area contributed by atoms with Gasteiger partial charge in [0.2, 0.25) is 21.8 Å². The van der Waals surface area contributed by atoms with Gasteiger partial charge in [0.1, 0.15) is 12.6 Å². The molecule has 38 heavy (non-hydrogen) atoms. The van der Waals surface area contributed by atoms with Crippen molar-refractivity contribution in [3.8, 4) is 0 Å². The summed E-state index contributed by atoms with van der Waals surface area (Å²) in [4.78, 5) is 28.6. The molecule has 11 heteroatoms. The quantitative estimate of drug-likeness (QED) is 0.330. The predicted molar refractivity (Wildman–Crippen MR) is 153 cm³/mol. The minimum absolute atomic E-state index is 0.0198. The van der Waals surface area contributed by atoms with Gasteiger partial charge in [-0.05, 0) is 42.3 Å². The molecule has 1 N–H and O–H groups in total. The summed E-state index contributed by atoms with van der Waals surface area (Å²) in [5, 5.41) is 3.57. The van der Waals surface area contributed by atoms with Gasteiger partial charge in [0.15, 0.2) is 0 Å². The number of nitrogens with zero attached hydrogens (tertiary/aromatic N) is 2. The first-order chi connectivity index (χ1) is 18.0. The predicted octanol–water partition coefficient (Wildman–Crippen LogP) is 5.19. The largest absolute Gasteiger partial charge is 0.355 e. The molecule has 0 aromatic heterocycles. The molecule has 3 rings (SSSR count). The van der Waals surface area contributed by atoms with Gasteiger partial charge in [0.05, 0.1) is 17.0 Å². The minimum Gasteiger partial charge on any atom is -0.355 e. The van der Waals surface area contributed by atoms with Crippen LogP contribution in [0.5, 0.6) is 0 Å². The number of sulfonamides is 1.